The maximum Gasteiger partial charge on any atom is 0.309 e. The lowest BCUT2D eigenvalue weighted by Crippen LogP contribution is -2.45. The predicted molar refractivity (Wildman–Crippen MR) is 102 cm³/mol. The number of rotatable bonds is 7. The molecule has 1 aromatic carbocycles. The van der Waals surface area contributed by atoms with Crippen LogP contribution in [0.5, 0.6) is 0 Å². The van der Waals surface area contributed by atoms with Crippen LogP contribution in [-0.2, 0) is 20.3 Å². The van der Waals surface area contributed by atoms with Crippen molar-refractivity contribution >= 4 is 24.8 Å². The molecule has 0 amide bonds. The van der Waals surface area contributed by atoms with Crippen LogP contribution in [0.3, 0.4) is 0 Å². The molecule has 0 aromatic heterocycles. The van der Waals surface area contributed by atoms with Crippen molar-refractivity contribution in [2.24, 2.45) is 11.8 Å². The zero-order valence-corrected chi connectivity index (χ0v) is 17.3. The first-order chi connectivity index (χ1) is 11.2. The summed E-state index contributed by atoms with van der Waals surface area (Å²) in [6.45, 7) is 11.2. The molecule has 4 atom stereocenters. The van der Waals surface area contributed by atoms with Crippen LogP contribution in [0.25, 0.3) is 0 Å². The molecule has 134 valence electrons. The Balaban J connectivity index is 2.23. The normalized spacial score (nSPS) is 23.2. The van der Waals surface area contributed by atoms with E-state index in [0.717, 1.165) is 23.8 Å². The van der Waals surface area contributed by atoms with Gasteiger partial charge in [0.15, 0.2) is 0 Å². The fourth-order valence-electron chi connectivity index (χ4n) is 3.35. The standard InChI is InChI=1S/C19H30O3SSi/c1-6-22-19(20)17-12-11-16(17)18(13-24(3,4)5)23(21)15-9-7-14(2)8-10-15/h7-10,16-18H,6,11-13H2,1-5H3/t16-,17-,18-,23?/m0/s1. The lowest BCUT2D eigenvalue weighted by Gasteiger charge is -2.41. The molecular formula is C19H30O3SSi. The van der Waals surface area contributed by atoms with Gasteiger partial charge in [0.2, 0.25) is 0 Å². The van der Waals surface area contributed by atoms with Gasteiger partial charge in [-0.1, -0.05) is 37.3 Å². The summed E-state index contributed by atoms with van der Waals surface area (Å²) < 4.78 is 18.5. The molecule has 1 unspecified atom stereocenters. The SMILES string of the molecule is CCOC(=O)[C@H]1CC[C@@H]1[C@H](C[Si](C)(C)C)S(=O)c1ccc(C)cc1. The third-order valence-electron chi connectivity index (χ3n) is 4.74. The van der Waals surface area contributed by atoms with Crippen LogP contribution >= 0.6 is 0 Å². The second-order valence-corrected chi connectivity index (χ2v) is 15.2. The Morgan fingerprint density at radius 2 is 1.88 bits per heavy atom. The first-order valence-electron chi connectivity index (χ1n) is 8.87. The Morgan fingerprint density at radius 1 is 1.25 bits per heavy atom. The van der Waals surface area contributed by atoms with Crippen molar-refractivity contribution in [2.75, 3.05) is 6.61 Å². The summed E-state index contributed by atoms with van der Waals surface area (Å²) >= 11 is 0. The number of hydrogen-bond acceptors (Lipinski definition) is 3. The quantitative estimate of drug-likeness (QED) is 0.531. The van der Waals surface area contributed by atoms with Crippen LogP contribution in [0, 0.1) is 18.8 Å². The van der Waals surface area contributed by atoms with Crippen LogP contribution in [0.4, 0.5) is 0 Å². The van der Waals surface area contributed by atoms with E-state index in [4.69, 9.17) is 4.74 Å². The molecule has 0 bridgehead atoms. The first-order valence-corrected chi connectivity index (χ1v) is 13.8. The highest BCUT2D eigenvalue weighted by Gasteiger charge is 2.45. The average Bonchev–Trinajstić information content (AvgIpc) is 2.44. The minimum atomic E-state index is -1.40. The predicted octanol–water partition coefficient (Wildman–Crippen LogP) is 4.40. The van der Waals surface area contributed by atoms with E-state index in [1.165, 1.54) is 5.56 Å². The van der Waals surface area contributed by atoms with Crippen LogP contribution < -0.4 is 0 Å². The highest BCUT2D eigenvalue weighted by atomic mass is 32.2. The van der Waals surface area contributed by atoms with Crippen molar-refractivity contribution in [3.63, 3.8) is 0 Å². The fourth-order valence-corrected chi connectivity index (χ4v) is 8.36. The monoisotopic (exact) mass is 366 g/mol. The molecule has 1 saturated carbocycles. The molecule has 0 spiro atoms. The zero-order valence-electron chi connectivity index (χ0n) is 15.5. The van der Waals surface area contributed by atoms with Gasteiger partial charge in [-0.3, -0.25) is 9.00 Å². The van der Waals surface area contributed by atoms with Crippen molar-refractivity contribution < 1.29 is 13.7 Å². The molecule has 1 aliphatic carbocycles. The Morgan fingerprint density at radius 3 is 2.33 bits per heavy atom. The second-order valence-electron chi connectivity index (χ2n) is 8.01. The van der Waals surface area contributed by atoms with Gasteiger partial charge in [0.05, 0.1) is 23.3 Å². The highest BCUT2D eigenvalue weighted by molar-refractivity contribution is 7.85. The lowest BCUT2D eigenvalue weighted by atomic mass is 9.72. The second kappa shape index (κ2) is 7.96. The first kappa shape index (κ1) is 19.4. The minimum absolute atomic E-state index is 0.0579. The number of aryl methyl sites for hydroxylation is 1. The number of hydrogen-bond donors (Lipinski definition) is 0. The Kier molecular flexibility index (Phi) is 6.43. The van der Waals surface area contributed by atoms with Crippen LogP contribution in [-0.4, -0.2) is 30.1 Å². The van der Waals surface area contributed by atoms with E-state index in [-0.39, 0.29) is 23.1 Å². The van der Waals surface area contributed by atoms with E-state index >= 15 is 0 Å². The molecule has 3 nitrogen and oxygen atoms in total. The average molecular weight is 367 g/mol. The molecule has 24 heavy (non-hydrogen) atoms. The van der Waals surface area contributed by atoms with Crippen LogP contribution in [0.1, 0.15) is 25.3 Å². The molecule has 1 aromatic rings. The molecular weight excluding hydrogens is 336 g/mol. The van der Waals surface area contributed by atoms with Crippen molar-refractivity contribution in [2.45, 2.75) is 62.5 Å². The maximum atomic E-state index is 13.3. The van der Waals surface area contributed by atoms with Crippen molar-refractivity contribution in [3.05, 3.63) is 29.8 Å². The summed E-state index contributed by atoms with van der Waals surface area (Å²) in [4.78, 5) is 13.1. The van der Waals surface area contributed by atoms with Gasteiger partial charge < -0.3 is 4.74 Å². The van der Waals surface area contributed by atoms with Crippen molar-refractivity contribution in [1.82, 2.24) is 0 Å². The van der Waals surface area contributed by atoms with E-state index < -0.39 is 18.9 Å². The summed E-state index contributed by atoms with van der Waals surface area (Å²) in [6.07, 6.45) is 1.85. The third-order valence-corrected chi connectivity index (χ3v) is 8.50. The van der Waals surface area contributed by atoms with Gasteiger partial charge in [-0.05, 0) is 50.8 Å². The topological polar surface area (TPSA) is 43.4 Å². The van der Waals surface area contributed by atoms with Gasteiger partial charge in [0.1, 0.15) is 0 Å². The molecule has 1 fully saturated rings. The molecule has 1 aliphatic rings. The van der Waals surface area contributed by atoms with Gasteiger partial charge in [-0.15, -0.1) is 0 Å². The van der Waals surface area contributed by atoms with Gasteiger partial charge in [0.25, 0.3) is 0 Å². The molecule has 0 N–H and O–H groups in total. The largest absolute Gasteiger partial charge is 0.466 e. The Bertz CT molecular complexity index is 592. The number of carbonyl (C=O) groups is 1. The molecule has 2 rings (SSSR count). The Labute approximate surface area is 149 Å². The highest BCUT2D eigenvalue weighted by Crippen LogP contribution is 2.43. The van der Waals surface area contributed by atoms with E-state index in [9.17, 15) is 9.00 Å². The molecule has 0 saturated heterocycles. The fraction of sp³-hybridized carbons (Fsp3) is 0.632. The van der Waals surface area contributed by atoms with Crippen molar-refractivity contribution in [1.29, 1.82) is 0 Å². The molecule has 0 aliphatic heterocycles. The van der Waals surface area contributed by atoms with Gasteiger partial charge in [-0.25, -0.2) is 0 Å². The number of ether oxygens (including phenoxy) is 1. The summed E-state index contributed by atoms with van der Waals surface area (Å²) in [5.41, 5.74) is 1.17. The van der Waals surface area contributed by atoms with Gasteiger partial charge >= 0.3 is 5.97 Å². The Hall–Kier alpha value is -0.943. The molecule has 0 radical (unpaired) electrons. The third kappa shape index (κ3) is 4.79. The van der Waals surface area contributed by atoms with Gasteiger partial charge in [-0.2, -0.15) is 0 Å². The summed E-state index contributed by atoms with van der Waals surface area (Å²) in [5, 5.41) is 0.0579. The van der Waals surface area contributed by atoms with E-state index in [0.29, 0.717) is 6.61 Å². The smallest absolute Gasteiger partial charge is 0.309 e. The van der Waals surface area contributed by atoms with Crippen LogP contribution in [0.2, 0.25) is 25.7 Å². The number of carbonyl (C=O) groups excluding carboxylic acids is 1. The summed E-state index contributed by atoms with van der Waals surface area (Å²) in [6, 6.07) is 8.96. The summed E-state index contributed by atoms with van der Waals surface area (Å²) in [5.74, 6) is 0.0221. The number of benzene rings is 1. The van der Waals surface area contributed by atoms with E-state index in [1.807, 2.05) is 38.1 Å². The maximum absolute atomic E-state index is 13.3. The van der Waals surface area contributed by atoms with Gasteiger partial charge in [0, 0.05) is 18.2 Å². The molecule has 5 heteroatoms. The molecule has 0 heterocycles. The van der Waals surface area contributed by atoms with E-state index in [2.05, 4.69) is 19.6 Å². The lowest BCUT2D eigenvalue weighted by molar-refractivity contribution is -0.154. The number of esters is 1. The summed E-state index contributed by atoms with van der Waals surface area (Å²) in [7, 11) is -2.47. The van der Waals surface area contributed by atoms with Crippen molar-refractivity contribution in [3.8, 4) is 0 Å². The van der Waals surface area contributed by atoms with E-state index in [1.54, 1.807) is 0 Å². The zero-order chi connectivity index (χ0) is 17.9. The minimum Gasteiger partial charge on any atom is -0.466 e. The van der Waals surface area contributed by atoms with Crippen LogP contribution in [0.15, 0.2) is 29.2 Å².